The number of aromatic nitrogens is 2. The monoisotopic (exact) mass is 241 g/mol. The molecule has 1 aromatic heterocycles. The van der Waals surface area contributed by atoms with Crippen LogP contribution in [-0.4, -0.2) is 23.7 Å². The number of alkyl halides is 3. The summed E-state index contributed by atoms with van der Waals surface area (Å²) in [4.78, 5) is 3.11. The first-order valence-corrected chi connectivity index (χ1v) is 5.66. The van der Waals surface area contributed by atoms with Gasteiger partial charge in [-0.3, -0.25) is 0 Å². The van der Waals surface area contributed by atoms with Crippen molar-refractivity contribution in [1.29, 1.82) is 0 Å². The van der Waals surface area contributed by atoms with E-state index in [1.54, 1.807) is 0 Å². The van der Waals surface area contributed by atoms with Crippen molar-refractivity contribution in [3.05, 3.63) is 24.5 Å². The van der Waals surface area contributed by atoms with E-state index in [2.05, 4.69) is 11.2 Å². The number of rotatable bonds is 3. The molecule has 0 aromatic carbocycles. The van der Waals surface area contributed by atoms with Crippen LogP contribution in [0.2, 0.25) is 0 Å². The third-order valence-electron chi connectivity index (χ3n) is 1.61. The lowest BCUT2D eigenvalue weighted by Crippen LogP contribution is -2.18. The van der Waals surface area contributed by atoms with E-state index in [1.807, 2.05) is 0 Å². The Balaban J connectivity index is 2.84. The molecule has 1 heterocycles. The summed E-state index contributed by atoms with van der Waals surface area (Å²) < 4.78 is 58.8. The van der Waals surface area contributed by atoms with E-state index in [1.165, 1.54) is 0 Å². The summed E-state index contributed by atoms with van der Waals surface area (Å²) in [7, 11) is -3.53. The van der Waals surface area contributed by atoms with E-state index in [0.29, 0.717) is 0 Å². The van der Waals surface area contributed by atoms with Crippen LogP contribution < -0.4 is 0 Å². The van der Waals surface area contributed by atoms with Crippen LogP contribution in [0.5, 0.6) is 0 Å². The Morgan fingerprint density at radius 1 is 1.47 bits per heavy atom. The van der Waals surface area contributed by atoms with Crippen LogP contribution in [0, 0.1) is 6.26 Å². The third kappa shape index (κ3) is 3.54. The van der Waals surface area contributed by atoms with Gasteiger partial charge in [0.25, 0.3) is 0 Å². The molecule has 85 valence electrons. The predicted molar refractivity (Wildman–Crippen MR) is 46.4 cm³/mol. The van der Waals surface area contributed by atoms with Crippen molar-refractivity contribution in [3.8, 4) is 0 Å². The van der Waals surface area contributed by atoms with Crippen LogP contribution in [0.4, 0.5) is 13.2 Å². The summed E-state index contributed by atoms with van der Waals surface area (Å²) in [5.41, 5.74) is 0. The van der Waals surface area contributed by atoms with E-state index >= 15 is 0 Å². The lowest BCUT2D eigenvalue weighted by atomic mass is 10.5. The van der Waals surface area contributed by atoms with E-state index in [-0.39, 0.29) is 6.54 Å². The van der Waals surface area contributed by atoms with Gasteiger partial charge in [0, 0.05) is 18.9 Å². The molecule has 0 atom stereocenters. The van der Waals surface area contributed by atoms with Crippen LogP contribution in [0.1, 0.15) is 5.82 Å². The Kier molecular flexibility index (Phi) is 3.08. The number of imidazole rings is 1. The number of nitrogens with zero attached hydrogens (tertiary/aromatic N) is 2. The minimum absolute atomic E-state index is 0.305. The topological polar surface area (TPSA) is 52.0 Å². The quantitative estimate of drug-likeness (QED) is 0.796. The smallest absolute Gasteiger partial charge is 0.326 e. The molecule has 0 aliphatic heterocycles. The Morgan fingerprint density at radius 3 is 2.53 bits per heavy atom. The zero-order valence-electron chi connectivity index (χ0n) is 7.53. The minimum atomic E-state index is -4.57. The summed E-state index contributed by atoms with van der Waals surface area (Å²) in [6, 6.07) is 0. The fourth-order valence-electron chi connectivity index (χ4n) is 0.983. The number of halogens is 3. The molecule has 0 spiro atoms. The Hall–Kier alpha value is -1.05. The fourth-order valence-corrected chi connectivity index (χ4v) is 1.46. The van der Waals surface area contributed by atoms with E-state index in [0.717, 1.165) is 17.0 Å². The van der Waals surface area contributed by atoms with Gasteiger partial charge in [-0.15, -0.1) is 0 Å². The highest BCUT2D eigenvalue weighted by atomic mass is 32.2. The average Bonchev–Trinajstić information content (AvgIpc) is 2.45. The molecule has 0 bridgehead atoms. The molecule has 0 unspecified atom stereocenters. The van der Waals surface area contributed by atoms with Gasteiger partial charge in [0.1, 0.15) is 0 Å². The SMILES string of the molecule is [CH2]S(=O)(=O)CCn1ccnc1C(F)(F)F. The average molecular weight is 241 g/mol. The molecule has 0 saturated carbocycles. The Labute approximate surface area is 84.7 Å². The van der Waals surface area contributed by atoms with Gasteiger partial charge in [0.2, 0.25) is 5.82 Å². The first-order valence-electron chi connectivity index (χ1n) is 3.84. The second-order valence-corrected chi connectivity index (χ2v) is 4.79. The second kappa shape index (κ2) is 3.84. The standard InChI is InChI=1S/C7H8F3N2O2S/c1-15(13,14)5-4-12-3-2-11-6(12)7(8,9)10/h2-3H,1,4-5H2. The number of hydrogen-bond donors (Lipinski definition) is 0. The van der Waals surface area contributed by atoms with Gasteiger partial charge in [-0.25, -0.2) is 13.4 Å². The molecule has 15 heavy (non-hydrogen) atoms. The Morgan fingerprint density at radius 2 is 2.07 bits per heavy atom. The molecule has 0 saturated heterocycles. The lowest BCUT2D eigenvalue weighted by Gasteiger charge is -2.09. The molecular weight excluding hydrogens is 233 g/mol. The van der Waals surface area contributed by atoms with Crippen molar-refractivity contribution in [1.82, 2.24) is 9.55 Å². The van der Waals surface area contributed by atoms with Gasteiger partial charge < -0.3 is 4.57 Å². The number of hydrogen-bond acceptors (Lipinski definition) is 3. The lowest BCUT2D eigenvalue weighted by molar-refractivity contribution is -0.147. The third-order valence-corrected chi connectivity index (χ3v) is 2.42. The normalized spacial score (nSPS) is 13.1. The van der Waals surface area contributed by atoms with Crippen molar-refractivity contribution in [2.45, 2.75) is 12.7 Å². The van der Waals surface area contributed by atoms with E-state index < -0.39 is 27.6 Å². The summed E-state index contributed by atoms with van der Waals surface area (Å²) in [5.74, 6) is -1.56. The van der Waals surface area contributed by atoms with Crippen LogP contribution in [-0.2, 0) is 22.6 Å². The molecule has 8 heteroatoms. The maximum absolute atomic E-state index is 12.3. The molecule has 0 amide bonds. The van der Waals surface area contributed by atoms with Crippen molar-refractivity contribution >= 4 is 9.84 Å². The van der Waals surface area contributed by atoms with Crippen LogP contribution in [0.3, 0.4) is 0 Å². The molecule has 1 aromatic rings. The largest absolute Gasteiger partial charge is 0.449 e. The maximum Gasteiger partial charge on any atom is 0.449 e. The van der Waals surface area contributed by atoms with Crippen molar-refractivity contribution < 1.29 is 21.6 Å². The zero-order valence-corrected chi connectivity index (χ0v) is 8.35. The summed E-state index contributed by atoms with van der Waals surface area (Å²) in [5, 5.41) is 0. The van der Waals surface area contributed by atoms with Gasteiger partial charge in [-0.05, 0) is 0 Å². The van der Waals surface area contributed by atoms with Crippen LogP contribution >= 0.6 is 0 Å². The fraction of sp³-hybridized carbons (Fsp3) is 0.429. The molecule has 0 N–H and O–H groups in total. The molecule has 1 radical (unpaired) electrons. The zero-order chi connectivity index (χ0) is 11.7. The molecule has 0 aliphatic carbocycles. The predicted octanol–water partition coefficient (Wildman–Crippen LogP) is 1.11. The van der Waals surface area contributed by atoms with Gasteiger partial charge in [0.15, 0.2) is 9.84 Å². The van der Waals surface area contributed by atoms with Gasteiger partial charge in [0.05, 0.1) is 12.0 Å². The maximum atomic E-state index is 12.3. The van der Waals surface area contributed by atoms with Gasteiger partial charge in [-0.1, -0.05) is 0 Å². The Bertz CT molecular complexity index is 435. The number of sulfone groups is 1. The van der Waals surface area contributed by atoms with Crippen molar-refractivity contribution in [2.75, 3.05) is 5.75 Å². The van der Waals surface area contributed by atoms with E-state index in [9.17, 15) is 21.6 Å². The minimum Gasteiger partial charge on any atom is -0.326 e. The second-order valence-electron chi connectivity index (χ2n) is 2.89. The summed E-state index contributed by atoms with van der Waals surface area (Å²) in [6.45, 7) is -0.305. The summed E-state index contributed by atoms with van der Waals surface area (Å²) in [6.07, 6.45) is 0.292. The van der Waals surface area contributed by atoms with Gasteiger partial charge in [-0.2, -0.15) is 13.2 Å². The number of aryl methyl sites for hydroxylation is 1. The van der Waals surface area contributed by atoms with Crippen molar-refractivity contribution in [2.24, 2.45) is 0 Å². The molecule has 0 aliphatic rings. The highest BCUT2D eigenvalue weighted by Gasteiger charge is 2.35. The van der Waals surface area contributed by atoms with Gasteiger partial charge >= 0.3 is 6.18 Å². The van der Waals surface area contributed by atoms with Crippen LogP contribution in [0.15, 0.2) is 12.4 Å². The van der Waals surface area contributed by atoms with E-state index in [4.69, 9.17) is 0 Å². The first-order chi connectivity index (χ1) is 6.70. The molecule has 4 nitrogen and oxygen atoms in total. The molecule has 1 rings (SSSR count). The summed E-state index contributed by atoms with van der Waals surface area (Å²) >= 11 is 0. The molecular formula is C7H8F3N2O2S. The highest BCUT2D eigenvalue weighted by Crippen LogP contribution is 2.27. The first kappa shape index (κ1) is 12.0. The van der Waals surface area contributed by atoms with Crippen LogP contribution in [0.25, 0.3) is 0 Å². The van der Waals surface area contributed by atoms with Crippen molar-refractivity contribution in [3.63, 3.8) is 0 Å². The molecule has 0 fully saturated rings. The highest BCUT2D eigenvalue weighted by molar-refractivity contribution is 7.92.